The molecule has 0 aliphatic heterocycles. The summed E-state index contributed by atoms with van der Waals surface area (Å²) in [6.07, 6.45) is 0.488. The van der Waals surface area contributed by atoms with E-state index < -0.39 is 0 Å². The molecule has 0 atom stereocenters. The molecule has 0 saturated carbocycles. The van der Waals surface area contributed by atoms with Crippen LogP contribution in [0.1, 0.15) is 15.9 Å². The number of hydrogen-bond acceptors (Lipinski definition) is 1. The van der Waals surface area contributed by atoms with E-state index in [0.717, 1.165) is 5.56 Å². The minimum absolute atomic E-state index is 0.0482. The Morgan fingerprint density at radius 2 is 2.15 bits per heavy atom. The molecule has 3 heteroatoms. The number of hydrogen-bond donors (Lipinski definition) is 0. The average molecular weight is 288 g/mol. The molecule has 1 aliphatic rings. The largest absolute Gasteiger partial charge is 0.289 e. The lowest BCUT2D eigenvalue weighted by atomic mass is 10.1. The van der Waals surface area contributed by atoms with Crippen molar-refractivity contribution < 1.29 is 9.18 Å². The number of benzene rings is 1. The van der Waals surface area contributed by atoms with Gasteiger partial charge in [-0.05, 0) is 45.9 Å². The fourth-order valence-electron chi connectivity index (χ4n) is 1.45. The molecule has 0 unspecified atom stereocenters. The number of halogens is 2. The van der Waals surface area contributed by atoms with Crippen molar-refractivity contribution in [3.05, 3.63) is 44.8 Å². The van der Waals surface area contributed by atoms with Crippen LogP contribution < -0.4 is 0 Å². The molecule has 0 bridgehead atoms. The maximum atomic E-state index is 13.1. The van der Waals surface area contributed by atoms with Gasteiger partial charge in [-0.1, -0.05) is 6.58 Å². The molecule has 1 nitrogen and oxygen atoms in total. The predicted molar refractivity (Wildman–Crippen MR) is 56.3 cm³/mol. The number of ketones is 1. The Hall–Kier alpha value is -0.710. The van der Waals surface area contributed by atoms with Crippen LogP contribution in [0.15, 0.2) is 24.3 Å². The van der Waals surface area contributed by atoms with E-state index in [9.17, 15) is 9.18 Å². The highest BCUT2D eigenvalue weighted by atomic mass is 127. The first-order valence-corrected chi connectivity index (χ1v) is 4.88. The topological polar surface area (TPSA) is 17.1 Å². The highest BCUT2D eigenvalue weighted by Gasteiger charge is 2.24. The van der Waals surface area contributed by atoms with Crippen molar-refractivity contribution in [1.82, 2.24) is 0 Å². The van der Waals surface area contributed by atoms with Crippen LogP contribution >= 0.6 is 22.6 Å². The second-order valence-electron chi connectivity index (χ2n) is 3.03. The van der Waals surface area contributed by atoms with Crippen LogP contribution in [0.25, 0.3) is 0 Å². The van der Waals surface area contributed by atoms with Gasteiger partial charge in [-0.25, -0.2) is 4.39 Å². The van der Waals surface area contributed by atoms with Crippen molar-refractivity contribution >= 4 is 28.4 Å². The van der Waals surface area contributed by atoms with Gasteiger partial charge in [-0.15, -0.1) is 0 Å². The van der Waals surface area contributed by atoms with Gasteiger partial charge in [-0.3, -0.25) is 4.79 Å². The van der Waals surface area contributed by atoms with Crippen molar-refractivity contribution in [3.63, 3.8) is 0 Å². The van der Waals surface area contributed by atoms with Gasteiger partial charge in [0.1, 0.15) is 5.82 Å². The lowest BCUT2D eigenvalue weighted by Gasteiger charge is -1.98. The van der Waals surface area contributed by atoms with Crippen molar-refractivity contribution in [2.45, 2.75) is 6.42 Å². The lowest BCUT2D eigenvalue weighted by Crippen LogP contribution is -1.95. The summed E-state index contributed by atoms with van der Waals surface area (Å²) >= 11 is 1.88. The van der Waals surface area contributed by atoms with Crippen molar-refractivity contribution in [1.29, 1.82) is 0 Å². The lowest BCUT2D eigenvalue weighted by molar-refractivity contribution is 0.104. The molecule has 0 heterocycles. The first kappa shape index (κ1) is 8.87. The Balaban J connectivity index is 2.66. The molecular weight excluding hydrogens is 282 g/mol. The zero-order chi connectivity index (χ0) is 9.59. The summed E-state index contributed by atoms with van der Waals surface area (Å²) in [5, 5.41) is 0. The first-order valence-electron chi connectivity index (χ1n) is 3.80. The molecule has 0 fully saturated rings. The van der Waals surface area contributed by atoms with Crippen molar-refractivity contribution in [2.75, 3.05) is 0 Å². The Kier molecular flexibility index (Phi) is 1.98. The average Bonchev–Trinajstić information content (AvgIpc) is 2.32. The first-order chi connectivity index (χ1) is 6.09. The molecule has 0 spiro atoms. The summed E-state index contributed by atoms with van der Waals surface area (Å²) in [7, 11) is 0. The van der Waals surface area contributed by atoms with Gasteiger partial charge in [-0.2, -0.15) is 0 Å². The van der Waals surface area contributed by atoms with E-state index in [0.29, 0.717) is 21.1 Å². The molecule has 2 rings (SSSR count). The number of Topliss-reactive ketones (excluding diaryl/α,β-unsaturated/α-hetero) is 1. The molecule has 0 N–H and O–H groups in total. The highest BCUT2D eigenvalue weighted by molar-refractivity contribution is 14.1. The summed E-state index contributed by atoms with van der Waals surface area (Å²) in [4.78, 5) is 11.4. The SMILES string of the molecule is C=C1Cc2cc(F)c(I)cc2C1=O. The number of rotatable bonds is 0. The van der Waals surface area contributed by atoms with E-state index in [1.807, 2.05) is 22.6 Å². The van der Waals surface area contributed by atoms with E-state index in [1.54, 1.807) is 6.07 Å². The van der Waals surface area contributed by atoms with Crippen LogP contribution in [-0.2, 0) is 6.42 Å². The molecule has 1 aromatic rings. The molecule has 0 amide bonds. The normalized spacial score (nSPS) is 14.9. The van der Waals surface area contributed by atoms with Crippen LogP contribution in [0.4, 0.5) is 4.39 Å². The fraction of sp³-hybridized carbons (Fsp3) is 0.100. The summed E-state index contributed by atoms with van der Waals surface area (Å²) in [5.41, 5.74) is 1.92. The smallest absolute Gasteiger partial charge is 0.189 e. The van der Waals surface area contributed by atoms with Gasteiger partial charge in [0, 0.05) is 15.6 Å². The van der Waals surface area contributed by atoms with Crippen molar-refractivity contribution in [3.8, 4) is 0 Å². The maximum absolute atomic E-state index is 13.1. The molecule has 0 aromatic heterocycles. The van der Waals surface area contributed by atoms with Gasteiger partial charge in [0.15, 0.2) is 5.78 Å². The van der Waals surface area contributed by atoms with Crippen LogP contribution in [-0.4, -0.2) is 5.78 Å². The summed E-state index contributed by atoms with van der Waals surface area (Å²) in [6, 6.07) is 3.01. The molecular formula is C10H6FIO. The van der Waals surface area contributed by atoms with Gasteiger partial charge < -0.3 is 0 Å². The summed E-state index contributed by atoms with van der Waals surface area (Å²) < 4.78 is 13.6. The van der Waals surface area contributed by atoms with Gasteiger partial charge in [0.25, 0.3) is 0 Å². The van der Waals surface area contributed by atoms with Crippen LogP contribution in [0.5, 0.6) is 0 Å². The van der Waals surface area contributed by atoms with E-state index in [1.165, 1.54) is 6.07 Å². The summed E-state index contributed by atoms with van der Waals surface area (Å²) in [6.45, 7) is 3.63. The monoisotopic (exact) mass is 288 g/mol. The maximum Gasteiger partial charge on any atom is 0.189 e. The Morgan fingerprint density at radius 1 is 1.46 bits per heavy atom. The minimum Gasteiger partial charge on any atom is -0.289 e. The second kappa shape index (κ2) is 2.90. The number of fused-ring (bicyclic) bond motifs is 1. The van der Waals surface area contributed by atoms with Crippen LogP contribution in [0.3, 0.4) is 0 Å². The third kappa shape index (κ3) is 1.31. The Morgan fingerprint density at radius 3 is 2.85 bits per heavy atom. The van der Waals surface area contributed by atoms with E-state index in [-0.39, 0.29) is 11.6 Å². The highest BCUT2D eigenvalue weighted by Crippen LogP contribution is 2.28. The zero-order valence-electron chi connectivity index (χ0n) is 6.73. The number of allylic oxidation sites excluding steroid dienone is 1. The zero-order valence-corrected chi connectivity index (χ0v) is 8.89. The molecule has 1 aromatic carbocycles. The van der Waals surface area contributed by atoms with E-state index >= 15 is 0 Å². The Bertz CT molecular complexity index is 423. The molecule has 13 heavy (non-hydrogen) atoms. The predicted octanol–water partition coefficient (Wildman–Crippen LogP) is 2.73. The fourth-order valence-corrected chi connectivity index (χ4v) is 1.91. The number of carbonyl (C=O) groups excluding carboxylic acids is 1. The van der Waals surface area contributed by atoms with Gasteiger partial charge >= 0.3 is 0 Å². The molecule has 1 aliphatic carbocycles. The molecule has 0 saturated heterocycles. The second-order valence-corrected chi connectivity index (χ2v) is 4.20. The molecule has 66 valence electrons. The number of carbonyl (C=O) groups is 1. The third-order valence-electron chi connectivity index (χ3n) is 2.12. The molecule has 0 radical (unpaired) electrons. The third-order valence-corrected chi connectivity index (χ3v) is 2.94. The van der Waals surface area contributed by atoms with Crippen LogP contribution in [0, 0.1) is 9.39 Å². The summed E-state index contributed by atoms with van der Waals surface area (Å²) in [5.74, 6) is -0.310. The van der Waals surface area contributed by atoms with Gasteiger partial charge in [0.2, 0.25) is 0 Å². The van der Waals surface area contributed by atoms with E-state index in [4.69, 9.17) is 0 Å². The van der Waals surface area contributed by atoms with Crippen molar-refractivity contribution in [2.24, 2.45) is 0 Å². The quantitative estimate of drug-likeness (QED) is 0.530. The standard InChI is InChI=1S/C10H6FIO/c1-5-2-6-3-8(11)9(12)4-7(6)10(5)13/h3-4H,1-2H2. The minimum atomic E-state index is -0.262. The Labute approximate surface area is 88.8 Å². The van der Waals surface area contributed by atoms with Crippen LogP contribution in [0.2, 0.25) is 0 Å². The van der Waals surface area contributed by atoms with Gasteiger partial charge in [0.05, 0.1) is 0 Å². The van der Waals surface area contributed by atoms with E-state index in [2.05, 4.69) is 6.58 Å².